The summed E-state index contributed by atoms with van der Waals surface area (Å²) in [4.78, 5) is 11.6. The molecule has 14 heavy (non-hydrogen) atoms. The van der Waals surface area contributed by atoms with Crippen molar-refractivity contribution in [2.45, 2.75) is 27.2 Å². The Morgan fingerprint density at radius 2 is 2.21 bits per heavy atom. The minimum atomic E-state index is -0.0249. The van der Waals surface area contributed by atoms with Gasteiger partial charge in [0.05, 0.1) is 12.5 Å². The molecule has 0 aromatic heterocycles. The van der Waals surface area contributed by atoms with Crippen molar-refractivity contribution in [3.63, 3.8) is 0 Å². The van der Waals surface area contributed by atoms with Crippen LogP contribution in [0.2, 0.25) is 0 Å². The number of hydrogen-bond donors (Lipinski definition) is 1. The Morgan fingerprint density at radius 1 is 1.50 bits per heavy atom. The first kappa shape index (κ1) is 11.5. The van der Waals surface area contributed by atoms with E-state index >= 15 is 0 Å². The van der Waals surface area contributed by atoms with Crippen molar-refractivity contribution in [1.82, 2.24) is 5.32 Å². The van der Waals surface area contributed by atoms with Crippen molar-refractivity contribution < 1.29 is 9.53 Å². The molecule has 1 fully saturated rings. The van der Waals surface area contributed by atoms with Crippen molar-refractivity contribution >= 4 is 5.97 Å². The summed E-state index contributed by atoms with van der Waals surface area (Å²) in [5, 5.41) is 3.27. The molecule has 0 saturated carbocycles. The first-order valence-corrected chi connectivity index (χ1v) is 5.52. The molecule has 2 atom stereocenters. The van der Waals surface area contributed by atoms with Gasteiger partial charge in [0.15, 0.2) is 0 Å². The molecule has 3 nitrogen and oxygen atoms in total. The Labute approximate surface area is 86.2 Å². The second-order valence-corrected chi connectivity index (χ2v) is 4.41. The molecule has 1 aliphatic rings. The largest absolute Gasteiger partial charge is 0.466 e. The molecule has 1 heterocycles. The fourth-order valence-electron chi connectivity index (χ4n) is 2.11. The normalized spacial score (nSPS) is 26.9. The van der Waals surface area contributed by atoms with Crippen LogP contribution in [0.3, 0.4) is 0 Å². The summed E-state index contributed by atoms with van der Waals surface area (Å²) in [5.74, 6) is 1.17. The Hall–Kier alpha value is -0.570. The average molecular weight is 199 g/mol. The van der Waals surface area contributed by atoms with E-state index in [1.165, 1.54) is 0 Å². The number of ether oxygens (including phenoxy) is 1. The molecule has 0 aromatic carbocycles. The van der Waals surface area contributed by atoms with Crippen LogP contribution in [0.1, 0.15) is 27.2 Å². The van der Waals surface area contributed by atoms with E-state index < -0.39 is 0 Å². The molecule has 3 heteroatoms. The lowest BCUT2D eigenvalue weighted by molar-refractivity contribution is -0.148. The van der Waals surface area contributed by atoms with E-state index in [4.69, 9.17) is 4.74 Å². The maximum absolute atomic E-state index is 11.6. The number of carbonyl (C=O) groups excluding carboxylic acids is 1. The highest BCUT2D eigenvalue weighted by Gasteiger charge is 2.33. The van der Waals surface area contributed by atoms with Crippen molar-refractivity contribution in [3.8, 4) is 0 Å². The summed E-state index contributed by atoms with van der Waals surface area (Å²) in [5.41, 5.74) is 0. The SMILES string of the molecule is CCOC(=O)[C@H]1CNCC1CC(C)C. The molecule has 0 spiro atoms. The zero-order chi connectivity index (χ0) is 10.6. The fourth-order valence-corrected chi connectivity index (χ4v) is 2.11. The van der Waals surface area contributed by atoms with Gasteiger partial charge in [-0.15, -0.1) is 0 Å². The summed E-state index contributed by atoms with van der Waals surface area (Å²) < 4.78 is 5.06. The van der Waals surface area contributed by atoms with Crippen LogP contribution in [0.4, 0.5) is 0 Å². The van der Waals surface area contributed by atoms with Gasteiger partial charge in [-0.2, -0.15) is 0 Å². The molecule has 0 radical (unpaired) electrons. The zero-order valence-corrected chi connectivity index (χ0v) is 9.38. The number of carbonyl (C=O) groups is 1. The fraction of sp³-hybridized carbons (Fsp3) is 0.909. The van der Waals surface area contributed by atoms with Gasteiger partial charge in [0.25, 0.3) is 0 Å². The summed E-state index contributed by atoms with van der Waals surface area (Å²) in [6.45, 7) is 8.49. The lowest BCUT2D eigenvalue weighted by Crippen LogP contribution is -2.25. The standard InChI is InChI=1S/C11H21NO2/c1-4-14-11(13)10-7-12-6-9(10)5-8(2)3/h8-10,12H,4-7H2,1-3H3/t9?,10-/m0/s1. The summed E-state index contributed by atoms with van der Waals surface area (Å²) in [6, 6.07) is 0. The van der Waals surface area contributed by atoms with Gasteiger partial charge >= 0.3 is 5.97 Å². The first-order valence-electron chi connectivity index (χ1n) is 5.52. The molecular formula is C11H21NO2. The van der Waals surface area contributed by atoms with Crippen LogP contribution in [-0.4, -0.2) is 25.7 Å². The molecule has 0 aromatic rings. The quantitative estimate of drug-likeness (QED) is 0.696. The van der Waals surface area contributed by atoms with Gasteiger partial charge in [0.2, 0.25) is 0 Å². The van der Waals surface area contributed by atoms with Crippen molar-refractivity contribution in [2.24, 2.45) is 17.8 Å². The highest BCUT2D eigenvalue weighted by molar-refractivity contribution is 5.73. The molecule has 1 N–H and O–H groups in total. The molecule has 1 saturated heterocycles. The van der Waals surface area contributed by atoms with Gasteiger partial charge in [0.1, 0.15) is 0 Å². The molecule has 82 valence electrons. The molecule has 0 bridgehead atoms. The monoisotopic (exact) mass is 199 g/mol. The Morgan fingerprint density at radius 3 is 2.79 bits per heavy atom. The molecule has 0 amide bonds. The topological polar surface area (TPSA) is 38.3 Å². The smallest absolute Gasteiger partial charge is 0.310 e. The van der Waals surface area contributed by atoms with Gasteiger partial charge in [-0.25, -0.2) is 0 Å². The number of rotatable bonds is 4. The summed E-state index contributed by atoms with van der Waals surface area (Å²) in [6.07, 6.45) is 1.11. The minimum absolute atomic E-state index is 0.0249. The van der Waals surface area contributed by atoms with Crippen LogP contribution in [0, 0.1) is 17.8 Å². The predicted molar refractivity (Wildman–Crippen MR) is 55.9 cm³/mol. The Balaban J connectivity index is 2.46. The predicted octanol–water partition coefficient (Wildman–Crippen LogP) is 1.43. The minimum Gasteiger partial charge on any atom is -0.466 e. The lowest BCUT2D eigenvalue weighted by atomic mass is 9.88. The van der Waals surface area contributed by atoms with E-state index in [9.17, 15) is 4.79 Å². The third kappa shape index (κ3) is 2.98. The van der Waals surface area contributed by atoms with Crippen LogP contribution in [-0.2, 0) is 9.53 Å². The van der Waals surface area contributed by atoms with Gasteiger partial charge in [0, 0.05) is 6.54 Å². The zero-order valence-electron chi connectivity index (χ0n) is 9.38. The van der Waals surface area contributed by atoms with E-state index in [-0.39, 0.29) is 11.9 Å². The van der Waals surface area contributed by atoms with Gasteiger partial charge in [-0.1, -0.05) is 13.8 Å². The van der Waals surface area contributed by atoms with Gasteiger partial charge < -0.3 is 10.1 Å². The van der Waals surface area contributed by atoms with E-state index in [0.717, 1.165) is 19.5 Å². The summed E-state index contributed by atoms with van der Waals surface area (Å²) >= 11 is 0. The van der Waals surface area contributed by atoms with Crippen LogP contribution in [0.25, 0.3) is 0 Å². The Kier molecular flexibility index (Phi) is 4.39. The second-order valence-electron chi connectivity index (χ2n) is 4.41. The molecule has 1 aliphatic heterocycles. The average Bonchev–Trinajstić information content (AvgIpc) is 2.51. The van der Waals surface area contributed by atoms with Crippen LogP contribution >= 0.6 is 0 Å². The third-order valence-electron chi connectivity index (χ3n) is 2.70. The van der Waals surface area contributed by atoms with Crippen molar-refractivity contribution in [2.75, 3.05) is 19.7 Å². The van der Waals surface area contributed by atoms with Crippen molar-refractivity contribution in [3.05, 3.63) is 0 Å². The van der Waals surface area contributed by atoms with E-state index in [2.05, 4.69) is 19.2 Å². The Bertz CT molecular complexity index is 192. The number of nitrogens with one attached hydrogen (secondary N) is 1. The number of esters is 1. The molecule has 0 aliphatic carbocycles. The van der Waals surface area contributed by atoms with Crippen LogP contribution < -0.4 is 5.32 Å². The van der Waals surface area contributed by atoms with E-state index in [0.29, 0.717) is 18.4 Å². The maximum atomic E-state index is 11.6. The van der Waals surface area contributed by atoms with Gasteiger partial charge in [-0.05, 0) is 31.7 Å². The number of hydrogen-bond acceptors (Lipinski definition) is 3. The van der Waals surface area contributed by atoms with E-state index in [1.807, 2.05) is 6.92 Å². The van der Waals surface area contributed by atoms with Crippen molar-refractivity contribution in [1.29, 1.82) is 0 Å². The maximum Gasteiger partial charge on any atom is 0.310 e. The van der Waals surface area contributed by atoms with Crippen LogP contribution in [0.15, 0.2) is 0 Å². The first-order chi connectivity index (χ1) is 6.65. The lowest BCUT2D eigenvalue weighted by Gasteiger charge is -2.18. The summed E-state index contributed by atoms with van der Waals surface area (Å²) in [7, 11) is 0. The van der Waals surface area contributed by atoms with Crippen LogP contribution in [0.5, 0.6) is 0 Å². The molecular weight excluding hydrogens is 178 g/mol. The highest BCUT2D eigenvalue weighted by Crippen LogP contribution is 2.24. The third-order valence-corrected chi connectivity index (χ3v) is 2.70. The highest BCUT2D eigenvalue weighted by atomic mass is 16.5. The molecule has 1 unspecified atom stereocenters. The van der Waals surface area contributed by atoms with Gasteiger partial charge in [-0.3, -0.25) is 4.79 Å². The van der Waals surface area contributed by atoms with E-state index in [1.54, 1.807) is 0 Å². The molecule has 1 rings (SSSR count). The second kappa shape index (κ2) is 5.35.